The van der Waals surface area contributed by atoms with Gasteiger partial charge in [-0.2, -0.15) is 10.5 Å². The van der Waals surface area contributed by atoms with Gasteiger partial charge >= 0.3 is 0 Å². The van der Waals surface area contributed by atoms with Gasteiger partial charge in [-0.05, 0) is 172 Å². The van der Waals surface area contributed by atoms with Crippen LogP contribution in [0.3, 0.4) is 0 Å². The zero-order valence-electron chi connectivity index (χ0n) is 37.5. The molecular weight excluding hydrogens is 839 g/mol. The molecule has 0 spiro atoms. The summed E-state index contributed by atoms with van der Waals surface area (Å²) in [4.78, 5) is 10.3. The first-order valence-corrected chi connectivity index (χ1v) is 22.8. The van der Waals surface area contributed by atoms with Crippen molar-refractivity contribution in [2.24, 2.45) is 0 Å². The highest BCUT2D eigenvalue weighted by Gasteiger charge is 2.29. The lowest BCUT2D eigenvalue weighted by Gasteiger charge is -2.28. The first kappa shape index (κ1) is 39.6. The molecular formula is C64H35N5. The summed E-state index contributed by atoms with van der Waals surface area (Å²) in [6, 6.07) is 65.7. The zero-order valence-corrected chi connectivity index (χ0v) is 37.5. The molecule has 0 unspecified atom stereocenters. The summed E-state index contributed by atoms with van der Waals surface area (Å²) in [6.07, 6.45) is 0. The molecule has 5 nitrogen and oxygen atoms in total. The number of anilines is 3. The van der Waals surface area contributed by atoms with Crippen LogP contribution in [0.4, 0.5) is 28.4 Å². The maximum Gasteiger partial charge on any atom is 0.195 e. The first-order chi connectivity index (χ1) is 33.9. The van der Waals surface area contributed by atoms with Crippen molar-refractivity contribution >= 4 is 93.1 Å². The van der Waals surface area contributed by atoms with Gasteiger partial charge in [0.05, 0.1) is 42.1 Å². The Hall–Kier alpha value is -9.78. The van der Waals surface area contributed by atoms with Crippen LogP contribution >= 0.6 is 0 Å². The van der Waals surface area contributed by atoms with Gasteiger partial charge in [-0.15, -0.1) is 0 Å². The molecule has 0 saturated heterocycles. The molecule has 0 aromatic heterocycles. The molecule has 13 rings (SSSR count). The maximum absolute atomic E-state index is 10.2. The number of nitrogens with zero attached hydrogens (tertiary/aromatic N) is 5. The van der Waals surface area contributed by atoms with Crippen LogP contribution in [-0.2, 0) is 0 Å². The largest absolute Gasteiger partial charge is 0.310 e. The molecule has 0 fully saturated rings. The highest BCUT2D eigenvalue weighted by Crippen LogP contribution is 2.57. The van der Waals surface area contributed by atoms with Crippen molar-refractivity contribution in [3.8, 4) is 56.6 Å². The summed E-state index contributed by atoms with van der Waals surface area (Å²) in [7, 11) is 0. The summed E-state index contributed by atoms with van der Waals surface area (Å²) < 4.78 is 0. The first-order valence-electron chi connectivity index (χ1n) is 22.8. The van der Waals surface area contributed by atoms with Crippen LogP contribution in [-0.4, -0.2) is 0 Å². The molecule has 0 aliphatic heterocycles. The normalized spacial score (nSPS) is 11.6. The second kappa shape index (κ2) is 14.9. The van der Waals surface area contributed by atoms with Crippen LogP contribution in [0.1, 0.15) is 22.3 Å². The Morgan fingerprint density at radius 2 is 0.826 bits per heavy atom. The third-order valence-corrected chi connectivity index (χ3v) is 14.4. The number of hydrogen-bond acceptors (Lipinski definition) is 3. The van der Waals surface area contributed by atoms with E-state index in [4.69, 9.17) is 13.1 Å². The average molecular weight is 874 g/mol. The van der Waals surface area contributed by atoms with Gasteiger partial charge in [0.25, 0.3) is 0 Å². The standard InChI is InChI=1S/C64H35N5/c1-36-12-18-40(19-13-36)69(41-20-14-37(2)15-21-41)59-29-26-45-47-23-25-49-52-33-54-53(32-51(52)48-24-22-46(63(47)64(48)49)44-10-7-11-50(59)60(44)45)61(55-30-38(34-65)16-27-57(55)67-3)42-8-5-6-9-43(42)62(54)56-31-39(35-66)17-28-58(56)68-4/h5-33H,1-2H3. The lowest BCUT2D eigenvalue weighted by Crippen LogP contribution is -2.10. The third kappa shape index (κ3) is 5.67. The molecule has 0 amide bonds. The molecule has 316 valence electrons. The Morgan fingerprint density at radius 3 is 1.32 bits per heavy atom. The molecule has 0 bridgehead atoms. The molecule has 5 heteroatoms. The maximum atomic E-state index is 10.2. The predicted octanol–water partition coefficient (Wildman–Crippen LogP) is 18.0. The molecule has 1 aliphatic rings. The summed E-state index contributed by atoms with van der Waals surface area (Å²) in [6.45, 7) is 20.8. The summed E-state index contributed by atoms with van der Waals surface area (Å²) >= 11 is 0. The Balaban J connectivity index is 1.12. The van der Waals surface area contributed by atoms with E-state index in [0.29, 0.717) is 33.6 Å². The van der Waals surface area contributed by atoms with Gasteiger partial charge in [0, 0.05) is 16.8 Å². The number of nitriles is 2. The molecule has 0 radical (unpaired) electrons. The van der Waals surface area contributed by atoms with Gasteiger partial charge in [0.1, 0.15) is 0 Å². The molecule has 12 aromatic carbocycles. The van der Waals surface area contributed by atoms with Crippen molar-refractivity contribution < 1.29 is 0 Å². The minimum Gasteiger partial charge on any atom is -0.310 e. The van der Waals surface area contributed by atoms with E-state index in [1.807, 2.05) is 24.3 Å². The van der Waals surface area contributed by atoms with Crippen molar-refractivity contribution in [1.82, 2.24) is 0 Å². The van der Waals surface area contributed by atoms with Crippen LogP contribution in [0.25, 0.3) is 119 Å². The number of rotatable bonds is 5. The fourth-order valence-electron chi connectivity index (χ4n) is 11.3. The second-order valence-corrected chi connectivity index (χ2v) is 18.1. The van der Waals surface area contributed by atoms with E-state index in [1.165, 1.54) is 54.2 Å². The van der Waals surface area contributed by atoms with E-state index < -0.39 is 0 Å². The third-order valence-electron chi connectivity index (χ3n) is 14.4. The van der Waals surface area contributed by atoms with Crippen molar-refractivity contribution in [1.29, 1.82) is 10.5 Å². The smallest absolute Gasteiger partial charge is 0.195 e. The Labute approximate surface area is 398 Å². The van der Waals surface area contributed by atoms with Crippen LogP contribution in [0.2, 0.25) is 0 Å². The fourth-order valence-corrected chi connectivity index (χ4v) is 11.3. The van der Waals surface area contributed by atoms with Crippen LogP contribution in [0.15, 0.2) is 176 Å². The SMILES string of the molecule is [C-]#[N+]c1ccc(C#N)cc1-c1c2ccccc2c(-c2cc(C#N)ccc2[N+]#[C-])c2cc3c(cc12)-c1ccc2c4cccc5c(N(c6ccc(C)cc6)c6ccc(C)cc6)ccc(c6ccc-3c1c26)c54. The average Bonchev–Trinajstić information content (AvgIpc) is 3.71. The van der Waals surface area contributed by atoms with Crippen LogP contribution in [0.5, 0.6) is 0 Å². The Kier molecular flexibility index (Phi) is 8.53. The number of aryl methyl sites for hydroxylation is 2. The Bertz CT molecular complexity index is 4180. The van der Waals surface area contributed by atoms with Gasteiger partial charge in [-0.1, -0.05) is 132 Å². The minimum absolute atomic E-state index is 0.445. The number of hydrogen-bond donors (Lipinski definition) is 0. The molecule has 1 aliphatic carbocycles. The molecule has 0 N–H and O–H groups in total. The van der Waals surface area contributed by atoms with Crippen molar-refractivity contribution in [2.45, 2.75) is 13.8 Å². The Morgan fingerprint density at radius 1 is 0.377 bits per heavy atom. The summed E-state index contributed by atoms with van der Waals surface area (Å²) in [5.74, 6) is 0. The topological polar surface area (TPSA) is 59.5 Å². The molecule has 12 aromatic rings. The van der Waals surface area contributed by atoms with E-state index in [9.17, 15) is 10.5 Å². The van der Waals surface area contributed by atoms with E-state index in [0.717, 1.165) is 72.0 Å². The lowest BCUT2D eigenvalue weighted by atomic mass is 9.83. The molecule has 0 atom stereocenters. The van der Waals surface area contributed by atoms with Gasteiger partial charge < -0.3 is 4.90 Å². The second-order valence-electron chi connectivity index (χ2n) is 18.1. The lowest BCUT2D eigenvalue weighted by molar-refractivity contribution is 1.28. The molecule has 0 saturated carbocycles. The number of fused-ring (bicyclic) bond motifs is 7. The van der Waals surface area contributed by atoms with Crippen molar-refractivity contribution in [2.75, 3.05) is 4.90 Å². The monoisotopic (exact) mass is 873 g/mol. The summed E-state index contributed by atoms with van der Waals surface area (Å²) in [5, 5.41) is 33.4. The zero-order chi connectivity index (χ0) is 46.7. The van der Waals surface area contributed by atoms with E-state index in [2.05, 4.69) is 168 Å². The van der Waals surface area contributed by atoms with Gasteiger partial charge in [0.15, 0.2) is 11.4 Å². The predicted molar refractivity (Wildman–Crippen MR) is 284 cm³/mol. The van der Waals surface area contributed by atoms with Crippen molar-refractivity contribution in [3.05, 3.63) is 221 Å². The minimum atomic E-state index is 0.445. The van der Waals surface area contributed by atoms with E-state index in [1.54, 1.807) is 24.3 Å². The van der Waals surface area contributed by atoms with Gasteiger partial charge in [-0.25, -0.2) is 9.69 Å². The highest BCUT2D eigenvalue weighted by atomic mass is 15.1. The van der Waals surface area contributed by atoms with Crippen molar-refractivity contribution in [3.63, 3.8) is 0 Å². The van der Waals surface area contributed by atoms with E-state index >= 15 is 0 Å². The van der Waals surface area contributed by atoms with Gasteiger partial charge in [-0.3, -0.25) is 0 Å². The number of benzene rings is 12. The summed E-state index contributed by atoms with van der Waals surface area (Å²) in [5.41, 5.74) is 15.0. The van der Waals surface area contributed by atoms with Gasteiger partial charge in [0.2, 0.25) is 0 Å². The van der Waals surface area contributed by atoms with Crippen LogP contribution < -0.4 is 4.90 Å². The molecule has 0 heterocycles. The van der Waals surface area contributed by atoms with Crippen LogP contribution in [0, 0.1) is 49.7 Å². The molecule has 69 heavy (non-hydrogen) atoms. The quantitative estimate of drug-likeness (QED) is 0.0983. The fraction of sp³-hybridized carbons (Fsp3) is 0.0312. The highest BCUT2D eigenvalue weighted by molar-refractivity contribution is 6.38. The van der Waals surface area contributed by atoms with E-state index in [-0.39, 0.29) is 0 Å².